The largest absolute Gasteiger partial charge is 0.316 e. The molecule has 1 aliphatic rings. The molecule has 0 spiro atoms. The highest BCUT2D eigenvalue weighted by Crippen LogP contribution is 2.55. The highest BCUT2D eigenvalue weighted by atomic mass is 35.5. The summed E-state index contributed by atoms with van der Waals surface area (Å²) < 4.78 is 13.5. The molecule has 4 heteroatoms. The van der Waals surface area contributed by atoms with E-state index in [0.717, 1.165) is 31.5 Å². The SMILES string of the molecule is CCCNCC1CC1(C)c1cc(F)c(Cl)cc1Cl. The van der Waals surface area contributed by atoms with Crippen LogP contribution in [0.2, 0.25) is 10.0 Å². The molecule has 1 aromatic carbocycles. The fourth-order valence-corrected chi connectivity index (χ4v) is 3.09. The number of halogens is 3. The summed E-state index contributed by atoms with van der Waals surface area (Å²) in [5.41, 5.74) is 0.873. The first kappa shape index (κ1) is 14.1. The summed E-state index contributed by atoms with van der Waals surface area (Å²) in [6.45, 7) is 6.27. The number of hydrogen-bond donors (Lipinski definition) is 1. The van der Waals surface area contributed by atoms with Gasteiger partial charge in [0.25, 0.3) is 0 Å². The standard InChI is InChI=1S/C14H18Cl2FN/c1-3-4-18-8-9-7-14(9,2)10-5-13(17)12(16)6-11(10)15/h5-6,9,18H,3-4,7-8H2,1-2H3. The molecule has 1 saturated carbocycles. The molecule has 0 bridgehead atoms. The third kappa shape index (κ3) is 2.66. The van der Waals surface area contributed by atoms with Gasteiger partial charge in [-0.15, -0.1) is 0 Å². The molecule has 0 amide bonds. The summed E-state index contributed by atoms with van der Waals surface area (Å²) in [6, 6.07) is 3.00. The van der Waals surface area contributed by atoms with Crippen LogP contribution in [-0.4, -0.2) is 13.1 Å². The first-order valence-corrected chi connectivity index (χ1v) is 7.10. The van der Waals surface area contributed by atoms with Gasteiger partial charge in [0.05, 0.1) is 5.02 Å². The quantitative estimate of drug-likeness (QED) is 0.625. The molecular weight excluding hydrogens is 272 g/mol. The highest BCUT2D eigenvalue weighted by Gasteiger charge is 2.51. The van der Waals surface area contributed by atoms with Crippen LogP contribution in [0, 0.1) is 11.7 Å². The molecule has 2 unspecified atom stereocenters. The lowest BCUT2D eigenvalue weighted by molar-refractivity contribution is 0.569. The molecule has 18 heavy (non-hydrogen) atoms. The first-order valence-electron chi connectivity index (χ1n) is 6.34. The Kier molecular flexibility index (Phi) is 4.20. The van der Waals surface area contributed by atoms with Crippen molar-refractivity contribution in [1.82, 2.24) is 5.32 Å². The summed E-state index contributed by atoms with van der Waals surface area (Å²) in [6.07, 6.45) is 2.17. The average molecular weight is 290 g/mol. The second-order valence-corrected chi connectivity index (χ2v) is 6.08. The van der Waals surface area contributed by atoms with Crippen molar-refractivity contribution < 1.29 is 4.39 Å². The topological polar surface area (TPSA) is 12.0 Å². The van der Waals surface area contributed by atoms with E-state index in [2.05, 4.69) is 19.2 Å². The van der Waals surface area contributed by atoms with E-state index in [0.29, 0.717) is 10.9 Å². The fourth-order valence-electron chi connectivity index (χ4n) is 2.49. The Hall–Kier alpha value is -0.310. The Bertz CT molecular complexity index is 450. The highest BCUT2D eigenvalue weighted by molar-refractivity contribution is 6.35. The molecule has 2 atom stereocenters. The van der Waals surface area contributed by atoms with Crippen molar-refractivity contribution in [3.8, 4) is 0 Å². The molecule has 100 valence electrons. The monoisotopic (exact) mass is 289 g/mol. The molecule has 0 radical (unpaired) electrons. The molecule has 1 aromatic rings. The van der Waals surface area contributed by atoms with Gasteiger partial charge >= 0.3 is 0 Å². The van der Waals surface area contributed by atoms with E-state index in [1.54, 1.807) is 0 Å². The minimum absolute atomic E-state index is 0.0107. The Labute approximate surface area is 118 Å². The van der Waals surface area contributed by atoms with Crippen molar-refractivity contribution in [3.63, 3.8) is 0 Å². The molecule has 1 nitrogen and oxygen atoms in total. The summed E-state index contributed by atoms with van der Waals surface area (Å²) in [5.74, 6) is 0.145. The van der Waals surface area contributed by atoms with Gasteiger partial charge in [-0.2, -0.15) is 0 Å². The van der Waals surface area contributed by atoms with Gasteiger partial charge < -0.3 is 5.32 Å². The normalized spacial score (nSPS) is 26.4. The van der Waals surface area contributed by atoms with Crippen LogP contribution in [0.4, 0.5) is 4.39 Å². The summed E-state index contributed by atoms with van der Waals surface area (Å²) in [4.78, 5) is 0. The smallest absolute Gasteiger partial charge is 0.142 e. The van der Waals surface area contributed by atoms with Crippen LogP contribution in [0.15, 0.2) is 12.1 Å². The third-order valence-corrected chi connectivity index (χ3v) is 4.46. The average Bonchev–Trinajstić information content (AvgIpc) is 2.96. The summed E-state index contributed by atoms with van der Waals surface area (Å²) >= 11 is 11.9. The zero-order valence-corrected chi connectivity index (χ0v) is 12.2. The van der Waals surface area contributed by atoms with E-state index in [1.807, 2.05) is 0 Å². The van der Waals surface area contributed by atoms with E-state index in [-0.39, 0.29) is 16.3 Å². The van der Waals surface area contributed by atoms with E-state index < -0.39 is 0 Å². The maximum atomic E-state index is 13.5. The summed E-state index contributed by atoms with van der Waals surface area (Å²) in [7, 11) is 0. The van der Waals surface area contributed by atoms with Crippen molar-refractivity contribution in [2.45, 2.75) is 32.1 Å². The van der Waals surface area contributed by atoms with Gasteiger partial charge in [-0.3, -0.25) is 0 Å². The molecule has 0 saturated heterocycles. The van der Waals surface area contributed by atoms with Crippen LogP contribution in [-0.2, 0) is 5.41 Å². The molecule has 0 aliphatic heterocycles. The Balaban J connectivity index is 2.11. The molecule has 1 aliphatic carbocycles. The fraction of sp³-hybridized carbons (Fsp3) is 0.571. The third-order valence-electron chi connectivity index (χ3n) is 3.85. The van der Waals surface area contributed by atoms with Crippen LogP contribution in [0.1, 0.15) is 32.3 Å². The predicted octanol–water partition coefficient (Wildman–Crippen LogP) is 4.41. The second-order valence-electron chi connectivity index (χ2n) is 5.27. The van der Waals surface area contributed by atoms with Crippen molar-refractivity contribution in [2.75, 3.05) is 13.1 Å². The zero-order valence-electron chi connectivity index (χ0n) is 10.7. The minimum Gasteiger partial charge on any atom is -0.316 e. The van der Waals surface area contributed by atoms with E-state index in [1.165, 1.54) is 12.1 Å². The van der Waals surface area contributed by atoms with Crippen LogP contribution in [0.25, 0.3) is 0 Å². The van der Waals surface area contributed by atoms with Gasteiger partial charge in [0.15, 0.2) is 0 Å². The van der Waals surface area contributed by atoms with Crippen LogP contribution in [0.5, 0.6) is 0 Å². The van der Waals surface area contributed by atoms with Crippen molar-refractivity contribution in [1.29, 1.82) is 0 Å². The van der Waals surface area contributed by atoms with Crippen LogP contribution < -0.4 is 5.32 Å². The van der Waals surface area contributed by atoms with Crippen molar-refractivity contribution >= 4 is 23.2 Å². The molecular formula is C14H18Cl2FN. The van der Waals surface area contributed by atoms with E-state index in [9.17, 15) is 4.39 Å². The maximum Gasteiger partial charge on any atom is 0.142 e. The molecule has 1 fully saturated rings. The van der Waals surface area contributed by atoms with E-state index in [4.69, 9.17) is 23.2 Å². The lowest BCUT2D eigenvalue weighted by atomic mass is 9.95. The number of nitrogens with one attached hydrogen (secondary N) is 1. The Morgan fingerprint density at radius 2 is 2.11 bits per heavy atom. The van der Waals surface area contributed by atoms with Gasteiger partial charge in [0, 0.05) is 5.02 Å². The van der Waals surface area contributed by atoms with Gasteiger partial charge in [-0.1, -0.05) is 37.0 Å². The lowest BCUT2D eigenvalue weighted by Crippen LogP contribution is -2.21. The Morgan fingerprint density at radius 3 is 2.78 bits per heavy atom. The molecule has 2 rings (SSSR count). The van der Waals surface area contributed by atoms with Gasteiger partial charge in [-0.25, -0.2) is 4.39 Å². The molecule has 0 aromatic heterocycles. The minimum atomic E-state index is -0.385. The van der Waals surface area contributed by atoms with Gasteiger partial charge in [0.1, 0.15) is 5.82 Å². The first-order chi connectivity index (χ1) is 8.49. The molecule has 1 N–H and O–H groups in total. The Morgan fingerprint density at radius 1 is 1.39 bits per heavy atom. The molecule has 0 heterocycles. The van der Waals surface area contributed by atoms with Crippen LogP contribution in [0.3, 0.4) is 0 Å². The van der Waals surface area contributed by atoms with Crippen molar-refractivity contribution in [3.05, 3.63) is 33.6 Å². The lowest BCUT2D eigenvalue weighted by Gasteiger charge is -2.15. The summed E-state index contributed by atoms with van der Waals surface area (Å²) in [5, 5.41) is 4.07. The van der Waals surface area contributed by atoms with Gasteiger partial charge in [0.2, 0.25) is 0 Å². The number of hydrogen-bond acceptors (Lipinski definition) is 1. The van der Waals surface area contributed by atoms with Crippen molar-refractivity contribution in [2.24, 2.45) is 5.92 Å². The van der Waals surface area contributed by atoms with Crippen LogP contribution >= 0.6 is 23.2 Å². The van der Waals surface area contributed by atoms with Gasteiger partial charge in [-0.05, 0) is 55.0 Å². The number of benzene rings is 1. The zero-order chi connectivity index (χ0) is 13.3. The van der Waals surface area contributed by atoms with E-state index >= 15 is 0 Å². The predicted molar refractivity (Wildman–Crippen MR) is 75.0 cm³/mol. The maximum absolute atomic E-state index is 13.5. The number of rotatable bonds is 5. The second kappa shape index (κ2) is 5.36.